The van der Waals surface area contributed by atoms with E-state index in [1.54, 1.807) is 0 Å². The molecule has 0 unspecified atom stereocenters. The van der Waals surface area contributed by atoms with Gasteiger partial charge in [0.25, 0.3) is 0 Å². The summed E-state index contributed by atoms with van der Waals surface area (Å²) < 4.78 is 9.70. The second-order valence-electron chi connectivity index (χ2n) is 6.39. The zero-order valence-corrected chi connectivity index (χ0v) is 12.8. The van der Waals surface area contributed by atoms with Crippen molar-refractivity contribution in [2.45, 2.75) is 39.0 Å². The number of hydrogen-bond donors (Lipinski definition) is 0. The molecule has 0 heterocycles. The Balaban J connectivity index is 2.42. The fourth-order valence-corrected chi connectivity index (χ4v) is 3.84. The Labute approximate surface area is 124 Å². The maximum absolute atomic E-state index is 12.2. The van der Waals surface area contributed by atoms with Gasteiger partial charge in [-0.1, -0.05) is 19.1 Å². The van der Waals surface area contributed by atoms with Crippen molar-refractivity contribution < 1.29 is 23.9 Å². The fraction of sp³-hybridized carbons (Fsp3) is 0.688. The maximum atomic E-state index is 12.2. The van der Waals surface area contributed by atoms with Gasteiger partial charge in [0.05, 0.1) is 14.2 Å². The molecule has 0 N–H and O–H groups in total. The van der Waals surface area contributed by atoms with Crippen LogP contribution in [0.15, 0.2) is 12.2 Å². The van der Waals surface area contributed by atoms with Gasteiger partial charge in [-0.25, -0.2) is 0 Å². The van der Waals surface area contributed by atoms with Crippen LogP contribution in [0.2, 0.25) is 0 Å². The van der Waals surface area contributed by atoms with Gasteiger partial charge in [0, 0.05) is 12.8 Å². The van der Waals surface area contributed by atoms with E-state index in [0.29, 0.717) is 25.7 Å². The van der Waals surface area contributed by atoms with E-state index >= 15 is 0 Å². The largest absolute Gasteiger partial charge is 0.468 e. The Hall–Kier alpha value is -1.65. The predicted octanol–water partition coefficient (Wildman–Crippen LogP) is 2.04. The molecule has 21 heavy (non-hydrogen) atoms. The highest BCUT2D eigenvalue weighted by Gasteiger charge is 2.61. The van der Waals surface area contributed by atoms with E-state index in [4.69, 9.17) is 9.47 Å². The van der Waals surface area contributed by atoms with Gasteiger partial charge in [-0.3, -0.25) is 14.4 Å². The number of allylic oxidation sites excluding steroid dienone is 2. The standard InChI is InChI=1S/C16H22O5/c1-15-9-12(17)7-5-4-6-11(15)8-16(10-15,13(18)20-2)14(19)21-3/h4,6,11H,5,7-10H2,1-3H3/b6-4-/t11-,15+/m1/s1. The number of fused-ring (bicyclic) bond motifs is 1. The number of carbonyl (C=O) groups is 3. The number of ketones is 1. The Bertz CT molecular complexity index is 477. The Kier molecular flexibility index (Phi) is 4.21. The molecule has 0 radical (unpaired) electrons. The van der Waals surface area contributed by atoms with Gasteiger partial charge in [0.2, 0.25) is 0 Å². The lowest BCUT2D eigenvalue weighted by Crippen LogP contribution is -2.40. The molecule has 5 nitrogen and oxygen atoms in total. The number of rotatable bonds is 2. The van der Waals surface area contributed by atoms with Gasteiger partial charge in [-0.05, 0) is 30.6 Å². The molecule has 116 valence electrons. The molecule has 0 aliphatic heterocycles. The van der Waals surface area contributed by atoms with Gasteiger partial charge in [0.1, 0.15) is 5.78 Å². The first-order chi connectivity index (χ1) is 9.88. The molecule has 0 amide bonds. The quantitative estimate of drug-likeness (QED) is 0.443. The smallest absolute Gasteiger partial charge is 0.323 e. The highest BCUT2D eigenvalue weighted by Crippen LogP contribution is 2.57. The minimum absolute atomic E-state index is 0.0000463. The molecule has 1 fully saturated rings. The number of esters is 2. The molecular weight excluding hydrogens is 272 g/mol. The minimum Gasteiger partial charge on any atom is -0.468 e. The summed E-state index contributed by atoms with van der Waals surface area (Å²) in [6.07, 6.45) is 6.27. The summed E-state index contributed by atoms with van der Waals surface area (Å²) in [6, 6.07) is 0. The first-order valence-corrected chi connectivity index (χ1v) is 7.23. The maximum Gasteiger partial charge on any atom is 0.323 e. The molecule has 0 spiro atoms. The molecule has 5 heteroatoms. The van der Waals surface area contributed by atoms with Gasteiger partial charge < -0.3 is 9.47 Å². The van der Waals surface area contributed by atoms with E-state index in [2.05, 4.69) is 0 Å². The third-order valence-electron chi connectivity index (χ3n) is 4.88. The first-order valence-electron chi connectivity index (χ1n) is 7.23. The summed E-state index contributed by atoms with van der Waals surface area (Å²) in [6.45, 7) is 1.97. The third-order valence-corrected chi connectivity index (χ3v) is 4.88. The summed E-state index contributed by atoms with van der Waals surface area (Å²) in [5, 5.41) is 0. The van der Waals surface area contributed by atoms with Crippen molar-refractivity contribution in [2.24, 2.45) is 16.7 Å². The normalized spacial score (nSPS) is 32.5. The average Bonchev–Trinajstić information content (AvgIpc) is 2.73. The van der Waals surface area contributed by atoms with Gasteiger partial charge in [0.15, 0.2) is 5.41 Å². The van der Waals surface area contributed by atoms with E-state index in [-0.39, 0.29) is 11.7 Å². The van der Waals surface area contributed by atoms with Gasteiger partial charge in [-0.2, -0.15) is 0 Å². The van der Waals surface area contributed by atoms with Gasteiger partial charge in [-0.15, -0.1) is 0 Å². The highest BCUT2D eigenvalue weighted by molar-refractivity contribution is 6.00. The number of hydrogen-bond acceptors (Lipinski definition) is 5. The summed E-state index contributed by atoms with van der Waals surface area (Å²) in [5.41, 5.74) is -1.70. The Morgan fingerprint density at radius 2 is 1.86 bits per heavy atom. The van der Waals surface area contributed by atoms with E-state index in [0.717, 1.165) is 6.42 Å². The van der Waals surface area contributed by atoms with Crippen LogP contribution < -0.4 is 0 Å². The molecule has 1 saturated carbocycles. The second-order valence-corrected chi connectivity index (χ2v) is 6.39. The first kappa shape index (κ1) is 15.7. The number of ether oxygens (including phenoxy) is 2. The Morgan fingerprint density at radius 1 is 1.24 bits per heavy atom. The lowest BCUT2D eigenvalue weighted by molar-refractivity contribution is -0.169. The number of Topliss-reactive ketones (excluding diaryl/α,β-unsaturated/α-hetero) is 1. The molecular formula is C16H22O5. The average molecular weight is 294 g/mol. The van der Waals surface area contributed by atoms with Crippen molar-refractivity contribution in [1.29, 1.82) is 0 Å². The molecule has 0 aromatic carbocycles. The van der Waals surface area contributed by atoms with Crippen LogP contribution in [-0.4, -0.2) is 31.9 Å². The summed E-state index contributed by atoms with van der Waals surface area (Å²) in [4.78, 5) is 36.5. The van der Waals surface area contributed by atoms with E-state index < -0.39 is 22.8 Å². The van der Waals surface area contributed by atoms with Crippen LogP contribution in [0.4, 0.5) is 0 Å². The highest BCUT2D eigenvalue weighted by atomic mass is 16.5. The van der Waals surface area contributed by atoms with Crippen molar-refractivity contribution in [2.75, 3.05) is 14.2 Å². The number of methoxy groups -OCH3 is 2. The van der Waals surface area contributed by atoms with Crippen LogP contribution in [0, 0.1) is 16.7 Å². The Morgan fingerprint density at radius 3 is 2.43 bits per heavy atom. The predicted molar refractivity (Wildman–Crippen MR) is 75.3 cm³/mol. The lowest BCUT2D eigenvalue weighted by atomic mass is 9.73. The van der Waals surface area contributed by atoms with Crippen molar-refractivity contribution >= 4 is 17.7 Å². The number of carbonyl (C=O) groups excluding carboxylic acids is 3. The monoisotopic (exact) mass is 294 g/mol. The molecule has 2 rings (SSSR count). The molecule has 2 atom stereocenters. The van der Waals surface area contributed by atoms with Crippen molar-refractivity contribution in [3.8, 4) is 0 Å². The zero-order chi connectivity index (χ0) is 15.7. The van der Waals surface area contributed by atoms with Crippen LogP contribution in [0.5, 0.6) is 0 Å². The van der Waals surface area contributed by atoms with Gasteiger partial charge >= 0.3 is 11.9 Å². The van der Waals surface area contributed by atoms with Crippen LogP contribution in [-0.2, 0) is 23.9 Å². The molecule has 0 bridgehead atoms. The third kappa shape index (κ3) is 2.61. The zero-order valence-electron chi connectivity index (χ0n) is 12.8. The van der Waals surface area contributed by atoms with Crippen LogP contribution in [0.25, 0.3) is 0 Å². The van der Waals surface area contributed by atoms with Crippen molar-refractivity contribution in [3.05, 3.63) is 12.2 Å². The molecule has 2 aliphatic carbocycles. The van der Waals surface area contributed by atoms with Crippen molar-refractivity contribution in [3.63, 3.8) is 0 Å². The summed E-state index contributed by atoms with van der Waals surface area (Å²) in [5.74, 6) is -0.955. The van der Waals surface area contributed by atoms with Crippen LogP contribution >= 0.6 is 0 Å². The summed E-state index contributed by atoms with van der Waals surface area (Å²) >= 11 is 0. The summed E-state index contributed by atoms with van der Waals surface area (Å²) in [7, 11) is 2.55. The van der Waals surface area contributed by atoms with E-state index in [1.807, 2.05) is 19.1 Å². The molecule has 2 aliphatic rings. The fourth-order valence-electron chi connectivity index (χ4n) is 3.84. The SMILES string of the molecule is COC(=O)C1(C(=O)OC)C[C@H]2/C=C\CCC(=O)C[C@@]2(C)C1. The van der Waals surface area contributed by atoms with E-state index in [9.17, 15) is 14.4 Å². The minimum atomic E-state index is -1.29. The topological polar surface area (TPSA) is 69.7 Å². The van der Waals surface area contributed by atoms with Crippen LogP contribution in [0.1, 0.15) is 39.0 Å². The second kappa shape index (κ2) is 5.62. The lowest BCUT2D eigenvalue weighted by Gasteiger charge is -2.31. The molecule has 0 aromatic heterocycles. The molecule has 0 saturated heterocycles. The molecule has 0 aromatic rings. The van der Waals surface area contributed by atoms with Crippen molar-refractivity contribution in [1.82, 2.24) is 0 Å². The van der Waals surface area contributed by atoms with Crippen LogP contribution in [0.3, 0.4) is 0 Å². The van der Waals surface area contributed by atoms with E-state index in [1.165, 1.54) is 14.2 Å².